The molecule has 0 aliphatic carbocycles. The zero-order chi connectivity index (χ0) is 19.4. The van der Waals surface area contributed by atoms with Crippen LogP contribution in [0.5, 0.6) is 0 Å². The number of aromatic nitrogens is 3. The Bertz CT molecular complexity index is 964. The second-order valence-corrected chi connectivity index (χ2v) is 7.19. The van der Waals surface area contributed by atoms with Gasteiger partial charge in [-0.15, -0.1) is 10.2 Å². The number of esters is 1. The molecule has 0 aliphatic heterocycles. The molecule has 27 heavy (non-hydrogen) atoms. The van der Waals surface area contributed by atoms with Crippen LogP contribution in [0.25, 0.3) is 17.1 Å². The minimum atomic E-state index is -0.483. The standard InChI is InChI=1S/C19H17ClFN3O2S/c1-3-16(18(25)26-2)27-19-23-22-17(12-8-4-5-9-13(12)20)24(19)15-11-7-6-10-14(15)21/h4-11,16H,3H2,1-2H3. The Labute approximate surface area is 165 Å². The number of benzene rings is 2. The van der Waals surface area contributed by atoms with E-state index >= 15 is 0 Å². The smallest absolute Gasteiger partial charge is 0.319 e. The van der Waals surface area contributed by atoms with Gasteiger partial charge >= 0.3 is 5.97 Å². The minimum Gasteiger partial charge on any atom is -0.468 e. The van der Waals surface area contributed by atoms with E-state index < -0.39 is 11.1 Å². The Hall–Kier alpha value is -2.38. The first kappa shape index (κ1) is 19.4. The molecule has 0 amide bonds. The first-order valence-electron chi connectivity index (χ1n) is 8.26. The molecule has 0 bridgehead atoms. The fraction of sp³-hybridized carbons (Fsp3) is 0.211. The van der Waals surface area contributed by atoms with E-state index in [4.69, 9.17) is 16.3 Å². The van der Waals surface area contributed by atoms with Gasteiger partial charge < -0.3 is 4.74 Å². The highest BCUT2D eigenvalue weighted by Crippen LogP contribution is 2.34. The molecular weight excluding hydrogens is 389 g/mol. The maximum Gasteiger partial charge on any atom is 0.319 e. The van der Waals surface area contributed by atoms with E-state index in [0.717, 1.165) is 0 Å². The van der Waals surface area contributed by atoms with Crippen LogP contribution in [0.4, 0.5) is 4.39 Å². The summed E-state index contributed by atoms with van der Waals surface area (Å²) < 4.78 is 21.0. The quantitative estimate of drug-likeness (QED) is 0.436. The maximum atomic E-state index is 14.6. The van der Waals surface area contributed by atoms with Gasteiger partial charge in [0.15, 0.2) is 11.0 Å². The summed E-state index contributed by atoms with van der Waals surface area (Å²) in [5.74, 6) is -0.406. The molecule has 2 aromatic carbocycles. The van der Waals surface area contributed by atoms with Crippen molar-refractivity contribution in [3.05, 3.63) is 59.4 Å². The van der Waals surface area contributed by atoms with Crippen molar-refractivity contribution in [3.8, 4) is 17.1 Å². The number of halogens is 2. The molecule has 1 atom stereocenters. The molecule has 1 unspecified atom stereocenters. The number of methoxy groups -OCH3 is 1. The molecular formula is C19H17ClFN3O2S. The van der Waals surface area contributed by atoms with Crippen LogP contribution in [0.3, 0.4) is 0 Å². The lowest BCUT2D eigenvalue weighted by Gasteiger charge is -2.15. The Morgan fingerprint density at radius 1 is 1.22 bits per heavy atom. The normalized spacial score (nSPS) is 12.0. The number of rotatable bonds is 6. The van der Waals surface area contributed by atoms with Gasteiger partial charge in [-0.25, -0.2) is 4.39 Å². The predicted octanol–water partition coefficient (Wildman–Crippen LogP) is 4.77. The highest BCUT2D eigenvalue weighted by Gasteiger charge is 2.25. The van der Waals surface area contributed by atoms with Gasteiger partial charge in [-0.3, -0.25) is 9.36 Å². The van der Waals surface area contributed by atoms with Crippen LogP contribution in [-0.4, -0.2) is 33.1 Å². The van der Waals surface area contributed by atoms with E-state index in [2.05, 4.69) is 10.2 Å². The van der Waals surface area contributed by atoms with Crippen molar-refractivity contribution in [2.75, 3.05) is 7.11 Å². The van der Waals surface area contributed by atoms with Gasteiger partial charge in [0.1, 0.15) is 11.1 Å². The second-order valence-electron chi connectivity index (χ2n) is 5.61. The molecule has 0 radical (unpaired) electrons. The minimum absolute atomic E-state index is 0.277. The summed E-state index contributed by atoms with van der Waals surface area (Å²) in [6.45, 7) is 1.87. The van der Waals surface area contributed by atoms with Crippen molar-refractivity contribution >= 4 is 29.3 Å². The molecule has 0 N–H and O–H groups in total. The van der Waals surface area contributed by atoms with Gasteiger partial charge in [-0.05, 0) is 30.7 Å². The molecule has 1 heterocycles. The van der Waals surface area contributed by atoms with E-state index in [-0.39, 0.29) is 11.7 Å². The number of para-hydroxylation sites is 1. The van der Waals surface area contributed by atoms with Crippen LogP contribution in [-0.2, 0) is 9.53 Å². The van der Waals surface area contributed by atoms with E-state index in [0.29, 0.717) is 28.0 Å². The lowest BCUT2D eigenvalue weighted by atomic mass is 10.2. The highest BCUT2D eigenvalue weighted by atomic mass is 35.5. The number of nitrogens with zero attached hydrogens (tertiary/aromatic N) is 3. The van der Waals surface area contributed by atoms with Gasteiger partial charge in [-0.1, -0.05) is 54.6 Å². The molecule has 0 saturated heterocycles. The Morgan fingerprint density at radius 3 is 2.59 bits per heavy atom. The number of hydrogen-bond acceptors (Lipinski definition) is 5. The topological polar surface area (TPSA) is 57.0 Å². The van der Waals surface area contributed by atoms with E-state index in [9.17, 15) is 9.18 Å². The summed E-state index contributed by atoms with van der Waals surface area (Å²) in [4.78, 5) is 12.0. The second kappa shape index (κ2) is 8.54. The SMILES string of the molecule is CCC(Sc1nnc(-c2ccccc2Cl)n1-c1ccccc1F)C(=O)OC. The zero-order valence-electron chi connectivity index (χ0n) is 14.7. The summed E-state index contributed by atoms with van der Waals surface area (Å²) in [6, 6.07) is 13.5. The molecule has 5 nitrogen and oxygen atoms in total. The third kappa shape index (κ3) is 3.99. The van der Waals surface area contributed by atoms with Crippen LogP contribution in [0.2, 0.25) is 5.02 Å². The van der Waals surface area contributed by atoms with Crippen molar-refractivity contribution in [3.63, 3.8) is 0 Å². The predicted molar refractivity (Wildman–Crippen MR) is 104 cm³/mol. The summed E-state index contributed by atoms with van der Waals surface area (Å²) in [5.41, 5.74) is 0.896. The van der Waals surface area contributed by atoms with E-state index in [1.54, 1.807) is 41.0 Å². The Morgan fingerprint density at radius 2 is 1.93 bits per heavy atom. The third-order valence-corrected chi connectivity index (χ3v) is 5.54. The number of hydrogen-bond donors (Lipinski definition) is 0. The van der Waals surface area contributed by atoms with Crippen LogP contribution in [0.1, 0.15) is 13.3 Å². The Balaban J connectivity index is 2.17. The van der Waals surface area contributed by atoms with Crippen molar-refractivity contribution in [1.82, 2.24) is 14.8 Å². The molecule has 3 aromatic rings. The fourth-order valence-electron chi connectivity index (χ4n) is 2.57. The number of ether oxygens (including phenoxy) is 1. The summed E-state index contributed by atoms with van der Waals surface area (Å²) in [6.07, 6.45) is 0.531. The van der Waals surface area contributed by atoms with E-state index in [1.807, 2.05) is 13.0 Å². The summed E-state index contributed by atoms with van der Waals surface area (Å²) in [7, 11) is 1.34. The van der Waals surface area contributed by atoms with Gasteiger partial charge in [0, 0.05) is 5.56 Å². The lowest BCUT2D eigenvalue weighted by Crippen LogP contribution is -2.18. The largest absolute Gasteiger partial charge is 0.468 e. The van der Waals surface area contributed by atoms with E-state index in [1.165, 1.54) is 24.9 Å². The molecule has 0 spiro atoms. The van der Waals surface area contributed by atoms with Crippen molar-refractivity contribution in [2.45, 2.75) is 23.8 Å². The molecule has 3 rings (SSSR count). The molecule has 0 aliphatic rings. The third-order valence-electron chi connectivity index (χ3n) is 3.92. The zero-order valence-corrected chi connectivity index (χ0v) is 16.3. The lowest BCUT2D eigenvalue weighted by molar-refractivity contribution is -0.140. The fourth-order valence-corrected chi connectivity index (χ4v) is 3.78. The molecule has 0 fully saturated rings. The first-order valence-corrected chi connectivity index (χ1v) is 9.52. The molecule has 0 saturated carbocycles. The van der Waals surface area contributed by atoms with Crippen LogP contribution < -0.4 is 0 Å². The van der Waals surface area contributed by atoms with Crippen molar-refractivity contribution < 1.29 is 13.9 Å². The monoisotopic (exact) mass is 405 g/mol. The first-order chi connectivity index (χ1) is 13.1. The number of carbonyl (C=O) groups is 1. The Kier molecular flexibility index (Phi) is 6.13. The maximum absolute atomic E-state index is 14.6. The number of thioether (sulfide) groups is 1. The highest BCUT2D eigenvalue weighted by molar-refractivity contribution is 8.00. The van der Waals surface area contributed by atoms with Crippen molar-refractivity contribution in [1.29, 1.82) is 0 Å². The molecule has 140 valence electrons. The average molecular weight is 406 g/mol. The molecule has 1 aromatic heterocycles. The van der Waals surface area contributed by atoms with Crippen molar-refractivity contribution in [2.24, 2.45) is 0 Å². The van der Waals surface area contributed by atoms with Gasteiger partial charge in [0.25, 0.3) is 0 Å². The average Bonchev–Trinajstić information content (AvgIpc) is 3.09. The van der Waals surface area contributed by atoms with Crippen LogP contribution >= 0.6 is 23.4 Å². The number of carbonyl (C=O) groups excluding carboxylic acids is 1. The van der Waals surface area contributed by atoms with Crippen LogP contribution in [0, 0.1) is 5.82 Å². The summed E-state index contributed by atoms with van der Waals surface area (Å²) in [5, 5.41) is 8.80. The van der Waals surface area contributed by atoms with Crippen LogP contribution in [0.15, 0.2) is 53.7 Å². The molecule has 8 heteroatoms. The van der Waals surface area contributed by atoms with Gasteiger partial charge in [0.2, 0.25) is 0 Å². The van der Waals surface area contributed by atoms with Gasteiger partial charge in [-0.2, -0.15) is 0 Å². The summed E-state index contributed by atoms with van der Waals surface area (Å²) >= 11 is 7.50. The van der Waals surface area contributed by atoms with Gasteiger partial charge in [0.05, 0.1) is 17.8 Å².